The number of aliphatic hydroxyl groups is 1. The summed E-state index contributed by atoms with van der Waals surface area (Å²) in [5, 5.41) is 9.28. The van der Waals surface area contributed by atoms with Gasteiger partial charge in [0.25, 0.3) is 0 Å². The third kappa shape index (κ3) is 8.49. The lowest BCUT2D eigenvalue weighted by molar-refractivity contribution is 0.281. The molecular weight excluding hydrogens is 522 g/mol. The Balaban J connectivity index is -0.0000000767. The highest BCUT2D eigenvalue weighted by Gasteiger charge is 2.13. The van der Waals surface area contributed by atoms with Gasteiger partial charge in [-0.25, -0.2) is 8.78 Å². The van der Waals surface area contributed by atoms with Gasteiger partial charge in [0.05, 0.1) is 6.61 Å². The van der Waals surface area contributed by atoms with Crippen LogP contribution in [0.2, 0.25) is 0 Å². The molecule has 4 aromatic carbocycles. The van der Waals surface area contributed by atoms with Crippen molar-refractivity contribution in [3.63, 3.8) is 0 Å². The molecule has 0 fully saturated rings. The van der Waals surface area contributed by atoms with Gasteiger partial charge >= 0.3 is 0 Å². The molecule has 236 valence electrons. The number of aliphatic hydroxyl groups excluding tert-OH is 1. The Morgan fingerprint density at radius 3 is 1.48 bits per heavy atom. The molecule has 0 aliphatic heterocycles. The number of hydrogen-bond donors (Lipinski definition) is 1. The lowest BCUT2D eigenvalue weighted by Crippen LogP contribution is -2.00. The van der Waals surface area contributed by atoms with Gasteiger partial charge in [-0.05, 0) is 96.2 Å². The van der Waals surface area contributed by atoms with Crippen LogP contribution in [0, 0.1) is 37.3 Å². The molecule has 0 saturated carbocycles. The fraction of sp³-hybridized carbons (Fsp3) is 0.333. The summed E-state index contributed by atoms with van der Waals surface area (Å²) in [6, 6.07) is 22.3. The zero-order chi connectivity index (χ0) is 51.4. The number of aryl methyl sites for hydroxylation is 2. The molecule has 1 nitrogen and oxygen atoms in total. The monoisotopic (exact) mass is 633 g/mol. The van der Waals surface area contributed by atoms with Crippen LogP contribution in [0.1, 0.15) is 95.2 Å². The molecule has 0 aliphatic carbocycles. The van der Waals surface area contributed by atoms with Gasteiger partial charge in [0, 0.05) is 51.1 Å². The Hall–Kier alpha value is -3.01. The average Bonchev–Trinajstić information content (AvgIpc) is 3.35. The van der Waals surface area contributed by atoms with Crippen molar-refractivity contribution in [1.82, 2.24) is 0 Å². The van der Waals surface area contributed by atoms with Crippen molar-refractivity contribution in [2.75, 3.05) is 0 Å². The summed E-state index contributed by atoms with van der Waals surface area (Å²) < 4.78 is 138. The van der Waals surface area contributed by atoms with E-state index >= 15 is 0 Å². The van der Waals surface area contributed by atoms with Gasteiger partial charge in [0.15, 0.2) is 0 Å². The summed E-state index contributed by atoms with van der Waals surface area (Å²) in [5.74, 6) is 1.13. The molecule has 40 heavy (non-hydrogen) atoms. The summed E-state index contributed by atoms with van der Waals surface area (Å²) in [6.45, 7) is 12.6. The lowest BCUT2D eigenvalue weighted by atomic mass is 9.91. The third-order valence-electron chi connectivity index (χ3n) is 6.76. The van der Waals surface area contributed by atoms with E-state index in [4.69, 9.17) is 44.3 Å². The molecule has 0 bridgehead atoms. The van der Waals surface area contributed by atoms with Crippen LogP contribution in [0.25, 0.3) is 22.3 Å². The maximum Gasteiger partial charge on any atom is 0.131 e. The summed E-state index contributed by atoms with van der Waals surface area (Å²) in [5.41, 5.74) is 9.56. The van der Waals surface area contributed by atoms with Crippen molar-refractivity contribution in [3.8, 4) is 22.3 Å². The second-order valence-corrected chi connectivity index (χ2v) is 11.7. The molecule has 0 amide bonds. The Morgan fingerprint density at radius 2 is 1.07 bits per heavy atom. The molecule has 4 aromatic rings. The van der Waals surface area contributed by atoms with Crippen LogP contribution in [-0.2, 0) is 25.3 Å². The largest absolute Gasteiger partial charge is 0.392 e. The average molecular weight is 634 g/mol. The SMILES string of the molecule is Cc1ccc(F)c(-c2ccc(CCl)cc2CC(C)C)c1.Cc1ccc(F)c(-c2ccc(CO)cc2CC(C)C)c1.[3HH].[3H][3H].[3H][3H].[3H][3H].[3H][3H].[3H][3H].[3H][3H].[3H][3H].[3H][3H].[3H][3H].[3H][3H].[3H][3H]. The molecular formula is C36H65ClF2O. The first-order valence-corrected chi connectivity index (χ1v) is 14.5. The van der Waals surface area contributed by atoms with Gasteiger partial charge in [-0.15, -0.1) is 11.6 Å². The first kappa shape index (κ1) is 19.2. The van der Waals surface area contributed by atoms with Gasteiger partial charge in [-0.1, -0.05) is 87.4 Å². The number of rotatable bonds is 8. The second-order valence-electron chi connectivity index (χ2n) is 11.4. The smallest absolute Gasteiger partial charge is 0.131 e. The maximum absolute atomic E-state index is 14.1. The normalized spacial score (nSPS) is 13.3. The van der Waals surface area contributed by atoms with E-state index in [0.29, 0.717) is 28.8 Å². The van der Waals surface area contributed by atoms with E-state index in [0.717, 1.165) is 51.8 Å². The van der Waals surface area contributed by atoms with E-state index in [1.54, 1.807) is 18.2 Å². The van der Waals surface area contributed by atoms with Crippen molar-refractivity contribution >= 4 is 11.6 Å². The minimum absolute atomic E-state index is 0. The zero-order valence-corrected chi connectivity index (χ0v) is 25.2. The van der Waals surface area contributed by atoms with Crippen LogP contribution in [0.5, 0.6) is 0 Å². The van der Waals surface area contributed by atoms with Crippen LogP contribution in [0.4, 0.5) is 8.78 Å². The van der Waals surface area contributed by atoms with E-state index in [-0.39, 0.29) is 19.7 Å². The zero-order valence-electron chi connectivity index (χ0n) is 46.5. The van der Waals surface area contributed by atoms with E-state index < -0.39 is 0 Å². The van der Waals surface area contributed by atoms with E-state index in [9.17, 15) is 13.9 Å². The van der Waals surface area contributed by atoms with Gasteiger partial charge < -0.3 is 5.11 Å². The van der Waals surface area contributed by atoms with Crippen molar-refractivity contribution in [2.24, 2.45) is 11.8 Å². The van der Waals surface area contributed by atoms with Gasteiger partial charge in [-0.2, -0.15) is 0 Å². The van der Waals surface area contributed by atoms with Crippen LogP contribution in [-0.4, -0.2) is 5.11 Å². The molecule has 1 N–H and O–H groups in total. The summed E-state index contributed by atoms with van der Waals surface area (Å²) >= 11 is 5.92. The first-order valence-electron chi connectivity index (χ1n) is 25.0. The minimum Gasteiger partial charge on any atom is -0.392 e. The van der Waals surface area contributed by atoms with Gasteiger partial charge in [-0.3, -0.25) is 0 Å². The first-order chi connectivity index (χ1) is 30.0. The lowest BCUT2D eigenvalue weighted by Gasteiger charge is -2.14. The Bertz CT molecular complexity index is 1380. The highest BCUT2D eigenvalue weighted by molar-refractivity contribution is 6.17. The topological polar surface area (TPSA) is 20.2 Å². The molecule has 0 heterocycles. The molecule has 0 radical (unpaired) electrons. The summed E-state index contributed by atoms with van der Waals surface area (Å²) in [4.78, 5) is 0. The van der Waals surface area contributed by atoms with Gasteiger partial charge in [0.1, 0.15) is 11.6 Å². The van der Waals surface area contributed by atoms with Crippen molar-refractivity contribution < 1.29 is 48.0 Å². The van der Waals surface area contributed by atoms with Crippen molar-refractivity contribution in [2.45, 2.75) is 66.9 Å². The van der Waals surface area contributed by atoms with Crippen LogP contribution >= 0.6 is 11.6 Å². The quantitative estimate of drug-likeness (QED) is 0.192. The molecule has 0 atom stereocenters. The molecule has 4 heteroatoms. The van der Waals surface area contributed by atoms with Crippen molar-refractivity contribution in [1.29, 1.82) is 0 Å². The van der Waals surface area contributed by atoms with E-state index in [1.807, 2.05) is 56.3 Å². The third-order valence-corrected chi connectivity index (χ3v) is 7.07. The van der Waals surface area contributed by atoms with Crippen molar-refractivity contribution in [3.05, 3.63) is 118 Å². The van der Waals surface area contributed by atoms with Gasteiger partial charge in [0.2, 0.25) is 0 Å². The molecule has 0 spiro atoms. The van der Waals surface area contributed by atoms with Crippen LogP contribution in [0.15, 0.2) is 72.8 Å². The number of halogens is 3. The fourth-order valence-corrected chi connectivity index (χ4v) is 5.08. The number of hydrogen-bond acceptors (Lipinski definition) is 1. The minimum atomic E-state index is -0.197. The second kappa shape index (κ2) is 14.6. The highest BCUT2D eigenvalue weighted by atomic mass is 35.5. The Morgan fingerprint density at radius 1 is 0.650 bits per heavy atom. The Kier molecular flexibility index (Phi) is 6.98. The predicted octanol–water partition coefficient (Wildman–Crippen LogP) is 13.2. The van der Waals surface area contributed by atoms with E-state index in [1.165, 1.54) is 11.6 Å². The summed E-state index contributed by atoms with van der Waals surface area (Å²) in [7, 11) is 0. The van der Waals surface area contributed by atoms with Crippen LogP contribution < -0.4 is 0 Å². The molecule has 0 saturated heterocycles. The molecule has 0 aliphatic rings. The highest BCUT2D eigenvalue weighted by Crippen LogP contribution is 2.31. The standard InChI is InChI=1S/C18H20ClF.C18H21FO.12H2/c1-12(2)8-15-10-14(11-19)5-6-16(15)17-9-13(3)4-7-18(17)20;1-12(2)8-15-10-14(11-20)5-6-16(15)17-9-13(3)4-7-18(17)19;;;;;;;;;;;;/h4-7,9-10,12H,8,11H2,1-3H3;4-7,9-10,12,20H,8,11H2,1-3H3;12*1H/i;;11*1+2T;1+2. The van der Waals surface area contributed by atoms with E-state index in [2.05, 4.69) is 33.8 Å². The maximum atomic E-state index is 14.1. The predicted molar refractivity (Wildman–Crippen MR) is 191 cm³/mol. The molecule has 0 unspecified atom stereocenters. The molecule has 0 aromatic heterocycles. The number of alkyl halides is 1. The fourth-order valence-electron chi connectivity index (χ4n) is 4.91. The summed E-state index contributed by atoms with van der Waals surface area (Å²) in [6.07, 6.45) is 1.80. The molecule has 4 rings (SSSR count). The Labute approximate surface area is 279 Å². The number of benzene rings is 4. The van der Waals surface area contributed by atoms with Crippen LogP contribution in [0.3, 0.4) is 0 Å².